The van der Waals surface area contributed by atoms with E-state index in [-0.39, 0.29) is 0 Å². The van der Waals surface area contributed by atoms with Crippen LogP contribution in [-0.2, 0) is 6.54 Å². The number of rotatable bonds is 6. The van der Waals surface area contributed by atoms with Gasteiger partial charge in [0.15, 0.2) is 0 Å². The van der Waals surface area contributed by atoms with Gasteiger partial charge in [-0.25, -0.2) is 4.79 Å². The van der Waals surface area contributed by atoms with Crippen LogP contribution in [0.15, 0.2) is 24.3 Å². The van der Waals surface area contributed by atoms with Gasteiger partial charge in [-0.05, 0) is 37.0 Å². The zero-order chi connectivity index (χ0) is 12.8. The van der Waals surface area contributed by atoms with Gasteiger partial charge >= 0.3 is 5.97 Å². The summed E-state index contributed by atoms with van der Waals surface area (Å²) >= 11 is 0. The molecule has 1 aromatic rings. The molecule has 1 aromatic carbocycles. The van der Waals surface area contributed by atoms with Crippen LogP contribution in [0, 0.1) is 5.92 Å². The standard InChI is InChI=1S/C14H21NO2/c1-10(2)7-11(3)15-9-12-5-4-6-13(8-12)14(16)17/h4-6,8,10-11,15H,7,9H2,1-3H3,(H,16,17). The molecule has 1 unspecified atom stereocenters. The Morgan fingerprint density at radius 2 is 2.06 bits per heavy atom. The zero-order valence-corrected chi connectivity index (χ0v) is 10.7. The van der Waals surface area contributed by atoms with Gasteiger partial charge in [0.05, 0.1) is 5.56 Å². The lowest BCUT2D eigenvalue weighted by Gasteiger charge is -2.16. The third kappa shape index (κ3) is 5.00. The van der Waals surface area contributed by atoms with Crippen molar-refractivity contribution in [2.24, 2.45) is 5.92 Å². The molecule has 0 aromatic heterocycles. The van der Waals surface area contributed by atoms with Crippen molar-refractivity contribution in [3.8, 4) is 0 Å². The molecule has 0 aliphatic rings. The fourth-order valence-electron chi connectivity index (χ4n) is 1.90. The van der Waals surface area contributed by atoms with Gasteiger partial charge in [-0.2, -0.15) is 0 Å². The van der Waals surface area contributed by atoms with E-state index in [2.05, 4.69) is 26.1 Å². The maximum absolute atomic E-state index is 10.8. The summed E-state index contributed by atoms with van der Waals surface area (Å²) in [7, 11) is 0. The van der Waals surface area contributed by atoms with Crippen molar-refractivity contribution in [3.05, 3.63) is 35.4 Å². The average molecular weight is 235 g/mol. The molecule has 0 fully saturated rings. The first-order chi connectivity index (χ1) is 7.99. The molecule has 94 valence electrons. The Balaban J connectivity index is 2.51. The maximum Gasteiger partial charge on any atom is 0.335 e. The molecule has 0 aliphatic carbocycles. The number of carbonyl (C=O) groups is 1. The largest absolute Gasteiger partial charge is 0.478 e. The summed E-state index contributed by atoms with van der Waals surface area (Å²) in [6.45, 7) is 7.27. The van der Waals surface area contributed by atoms with Crippen LogP contribution in [0.25, 0.3) is 0 Å². The van der Waals surface area contributed by atoms with Crippen LogP contribution in [-0.4, -0.2) is 17.1 Å². The van der Waals surface area contributed by atoms with Gasteiger partial charge in [0.25, 0.3) is 0 Å². The highest BCUT2D eigenvalue weighted by Crippen LogP contribution is 2.08. The fourth-order valence-corrected chi connectivity index (χ4v) is 1.90. The molecule has 0 heterocycles. The van der Waals surface area contributed by atoms with E-state index in [1.54, 1.807) is 18.2 Å². The van der Waals surface area contributed by atoms with Crippen LogP contribution in [0.1, 0.15) is 43.1 Å². The highest BCUT2D eigenvalue weighted by Gasteiger charge is 2.06. The minimum absolute atomic E-state index is 0.348. The zero-order valence-electron chi connectivity index (χ0n) is 10.7. The molecule has 0 bridgehead atoms. The van der Waals surface area contributed by atoms with E-state index >= 15 is 0 Å². The van der Waals surface area contributed by atoms with Crippen molar-refractivity contribution in [1.29, 1.82) is 0 Å². The highest BCUT2D eigenvalue weighted by atomic mass is 16.4. The minimum Gasteiger partial charge on any atom is -0.478 e. The van der Waals surface area contributed by atoms with Crippen molar-refractivity contribution in [2.45, 2.75) is 39.8 Å². The summed E-state index contributed by atoms with van der Waals surface area (Å²) in [6.07, 6.45) is 1.12. The smallest absolute Gasteiger partial charge is 0.335 e. The second-order valence-corrected chi connectivity index (χ2v) is 4.92. The van der Waals surface area contributed by atoms with E-state index in [1.165, 1.54) is 0 Å². The predicted molar refractivity (Wildman–Crippen MR) is 69.2 cm³/mol. The first-order valence-electron chi connectivity index (χ1n) is 6.04. The number of hydrogen-bond donors (Lipinski definition) is 2. The van der Waals surface area contributed by atoms with Crippen molar-refractivity contribution in [2.75, 3.05) is 0 Å². The number of hydrogen-bond acceptors (Lipinski definition) is 2. The predicted octanol–water partition coefficient (Wildman–Crippen LogP) is 2.91. The molecule has 17 heavy (non-hydrogen) atoms. The topological polar surface area (TPSA) is 49.3 Å². The number of carboxylic acid groups (broad SMARTS) is 1. The molecule has 3 nitrogen and oxygen atoms in total. The second-order valence-electron chi connectivity index (χ2n) is 4.92. The molecule has 1 atom stereocenters. The molecule has 1 rings (SSSR count). The van der Waals surface area contributed by atoms with Crippen LogP contribution in [0.4, 0.5) is 0 Å². The SMILES string of the molecule is CC(C)CC(C)NCc1cccc(C(=O)O)c1. The first-order valence-corrected chi connectivity index (χ1v) is 6.04. The average Bonchev–Trinajstić information content (AvgIpc) is 2.26. The molecular weight excluding hydrogens is 214 g/mol. The number of carboxylic acids is 1. The third-order valence-electron chi connectivity index (χ3n) is 2.65. The summed E-state index contributed by atoms with van der Waals surface area (Å²) in [6, 6.07) is 7.51. The molecular formula is C14H21NO2. The number of nitrogens with one attached hydrogen (secondary N) is 1. The Morgan fingerprint density at radius 3 is 2.65 bits per heavy atom. The maximum atomic E-state index is 10.8. The first kappa shape index (κ1) is 13.7. The van der Waals surface area contributed by atoms with E-state index in [4.69, 9.17) is 5.11 Å². The summed E-state index contributed by atoms with van der Waals surface area (Å²) < 4.78 is 0. The van der Waals surface area contributed by atoms with Gasteiger partial charge < -0.3 is 10.4 Å². The lowest BCUT2D eigenvalue weighted by Crippen LogP contribution is -2.26. The highest BCUT2D eigenvalue weighted by molar-refractivity contribution is 5.87. The van der Waals surface area contributed by atoms with E-state index < -0.39 is 5.97 Å². The van der Waals surface area contributed by atoms with Crippen LogP contribution < -0.4 is 5.32 Å². The quantitative estimate of drug-likeness (QED) is 0.797. The van der Waals surface area contributed by atoms with Gasteiger partial charge in [0.1, 0.15) is 0 Å². The van der Waals surface area contributed by atoms with Crippen LogP contribution in [0.5, 0.6) is 0 Å². The van der Waals surface area contributed by atoms with Crippen molar-refractivity contribution in [1.82, 2.24) is 5.32 Å². The lowest BCUT2D eigenvalue weighted by atomic mass is 10.0. The number of aromatic carboxylic acids is 1. The molecule has 3 heteroatoms. The lowest BCUT2D eigenvalue weighted by molar-refractivity contribution is 0.0697. The van der Waals surface area contributed by atoms with Gasteiger partial charge in [0, 0.05) is 12.6 Å². The van der Waals surface area contributed by atoms with Gasteiger partial charge in [-0.15, -0.1) is 0 Å². The summed E-state index contributed by atoms with van der Waals surface area (Å²) in [5.74, 6) is -0.204. The third-order valence-corrected chi connectivity index (χ3v) is 2.65. The molecule has 0 aliphatic heterocycles. The van der Waals surface area contributed by atoms with Crippen molar-refractivity contribution < 1.29 is 9.90 Å². The molecule has 0 saturated carbocycles. The van der Waals surface area contributed by atoms with E-state index in [9.17, 15) is 4.79 Å². The fraction of sp³-hybridized carbons (Fsp3) is 0.500. The molecule has 0 amide bonds. The number of benzene rings is 1. The molecule has 0 spiro atoms. The Labute approximate surface area is 103 Å². The van der Waals surface area contributed by atoms with Crippen LogP contribution in [0.3, 0.4) is 0 Å². The molecule has 2 N–H and O–H groups in total. The van der Waals surface area contributed by atoms with Crippen molar-refractivity contribution >= 4 is 5.97 Å². The monoisotopic (exact) mass is 235 g/mol. The molecule has 0 saturated heterocycles. The Bertz CT molecular complexity index is 374. The summed E-state index contributed by atoms with van der Waals surface area (Å²) in [5, 5.41) is 12.3. The van der Waals surface area contributed by atoms with Crippen molar-refractivity contribution in [3.63, 3.8) is 0 Å². The van der Waals surface area contributed by atoms with E-state index in [0.29, 0.717) is 17.5 Å². The van der Waals surface area contributed by atoms with Crippen LogP contribution in [0.2, 0.25) is 0 Å². The van der Waals surface area contributed by atoms with Crippen LogP contribution >= 0.6 is 0 Å². The summed E-state index contributed by atoms with van der Waals surface area (Å²) in [5.41, 5.74) is 1.36. The van der Waals surface area contributed by atoms with Gasteiger partial charge in [0.2, 0.25) is 0 Å². The minimum atomic E-state index is -0.873. The summed E-state index contributed by atoms with van der Waals surface area (Å²) in [4.78, 5) is 10.8. The van der Waals surface area contributed by atoms with Gasteiger partial charge in [-0.1, -0.05) is 26.0 Å². The molecule has 0 radical (unpaired) electrons. The van der Waals surface area contributed by atoms with E-state index in [0.717, 1.165) is 18.5 Å². The normalized spacial score (nSPS) is 12.7. The van der Waals surface area contributed by atoms with E-state index in [1.807, 2.05) is 6.07 Å². The Kier molecular flexibility index (Phi) is 5.16. The Morgan fingerprint density at radius 1 is 1.35 bits per heavy atom. The van der Waals surface area contributed by atoms with Gasteiger partial charge in [-0.3, -0.25) is 0 Å². The second kappa shape index (κ2) is 6.40. The Hall–Kier alpha value is -1.35.